The summed E-state index contributed by atoms with van der Waals surface area (Å²) in [4.78, 5) is 32.8. The summed E-state index contributed by atoms with van der Waals surface area (Å²) < 4.78 is 0. The van der Waals surface area contributed by atoms with Crippen molar-refractivity contribution in [3.63, 3.8) is 0 Å². The highest BCUT2D eigenvalue weighted by atomic mass is 16.4. The second-order valence-electron chi connectivity index (χ2n) is 5.48. The van der Waals surface area contributed by atoms with Crippen LogP contribution in [0.15, 0.2) is 24.3 Å². The van der Waals surface area contributed by atoms with Crippen molar-refractivity contribution < 1.29 is 24.6 Å². The number of hydrogen-bond acceptors (Lipinski definition) is 4. The highest BCUT2D eigenvalue weighted by Gasteiger charge is 2.35. The highest BCUT2D eigenvalue weighted by molar-refractivity contribution is 5.82. The van der Waals surface area contributed by atoms with E-state index in [-0.39, 0.29) is 29.8 Å². The Kier molecular flexibility index (Phi) is 7.02. The summed E-state index contributed by atoms with van der Waals surface area (Å²) in [5.74, 6) is -1.21. The van der Waals surface area contributed by atoms with Gasteiger partial charge in [-0.25, -0.2) is 4.79 Å². The molecule has 0 heterocycles. The zero-order chi connectivity index (χ0) is 15.8. The van der Waals surface area contributed by atoms with Crippen LogP contribution in [0.4, 0.5) is 0 Å². The molecular weight excluding hydrogens is 272 g/mol. The van der Waals surface area contributed by atoms with E-state index in [1.54, 1.807) is 6.92 Å². The van der Waals surface area contributed by atoms with Crippen LogP contribution < -0.4 is 0 Å². The van der Waals surface area contributed by atoms with Crippen molar-refractivity contribution in [3.8, 4) is 0 Å². The summed E-state index contributed by atoms with van der Waals surface area (Å²) in [5, 5.41) is 18.5. The maximum Gasteiger partial charge on any atom is 0.328 e. The van der Waals surface area contributed by atoms with E-state index in [2.05, 4.69) is 0 Å². The molecule has 1 rings (SSSR count). The molecule has 0 saturated heterocycles. The number of ketones is 2. The van der Waals surface area contributed by atoms with Crippen LogP contribution in [-0.2, 0) is 14.4 Å². The van der Waals surface area contributed by atoms with Gasteiger partial charge in [0.2, 0.25) is 0 Å². The van der Waals surface area contributed by atoms with Crippen LogP contribution in [0.5, 0.6) is 0 Å². The number of hydrogen-bond donors (Lipinski definition) is 2. The Morgan fingerprint density at radius 3 is 2.71 bits per heavy atom. The van der Waals surface area contributed by atoms with Crippen molar-refractivity contribution in [1.82, 2.24) is 0 Å². The number of unbranched alkanes of at least 4 members (excludes halogenated alkanes) is 1. The highest BCUT2D eigenvalue weighted by Crippen LogP contribution is 2.33. The summed E-state index contributed by atoms with van der Waals surface area (Å²) in [6.45, 7) is 1.56. The van der Waals surface area contributed by atoms with Gasteiger partial charge < -0.3 is 15.0 Å². The molecule has 21 heavy (non-hydrogen) atoms. The van der Waals surface area contributed by atoms with Crippen LogP contribution in [0.3, 0.4) is 0 Å². The predicted molar refractivity (Wildman–Crippen MR) is 77.7 cm³/mol. The lowest BCUT2D eigenvalue weighted by atomic mass is 9.90. The average Bonchev–Trinajstić information content (AvgIpc) is 2.76. The summed E-state index contributed by atoms with van der Waals surface area (Å²) in [5.41, 5.74) is 0. The molecule has 0 radical (unpaired) electrons. The summed E-state index contributed by atoms with van der Waals surface area (Å²) in [6.07, 6.45) is 7.78. The van der Waals surface area contributed by atoms with Crippen molar-refractivity contribution in [3.05, 3.63) is 24.3 Å². The third-order valence-corrected chi connectivity index (χ3v) is 3.63. The maximum absolute atomic E-state index is 11.6. The molecule has 1 aliphatic rings. The number of carbonyl (C=O) groups excluding carboxylic acids is 2. The normalized spacial score (nSPS) is 24.0. The van der Waals surface area contributed by atoms with Crippen LogP contribution in [0.1, 0.15) is 39.0 Å². The lowest BCUT2D eigenvalue weighted by molar-refractivity contribution is -0.131. The molecular formula is C16H22O5. The summed E-state index contributed by atoms with van der Waals surface area (Å²) in [7, 11) is 0. The Hall–Kier alpha value is -1.75. The van der Waals surface area contributed by atoms with Crippen LogP contribution in [-0.4, -0.2) is 33.9 Å². The van der Waals surface area contributed by atoms with Gasteiger partial charge in [0, 0.05) is 31.3 Å². The molecule has 0 unspecified atom stereocenters. The fraction of sp³-hybridized carbons (Fsp3) is 0.562. The van der Waals surface area contributed by atoms with Gasteiger partial charge in [-0.05, 0) is 31.8 Å². The first-order chi connectivity index (χ1) is 9.90. The fourth-order valence-electron chi connectivity index (χ4n) is 2.56. The Balaban J connectivity index is 2.54. The largest absolute Gasteiger partial charge is 0.478 e. The minimum absolute atomic E-state index is 0.0664. The standard InChI is InChI=1S/C16H22O5/c1-11(17)5-3-2-4-6-12-9-13(18)10-14(12)15(19)7-8-16(20)21/h4,6-8,12,14-15,19H,2-3,5,9-10H2,1H3,(H,20,21)/b6-4+,8-7+/t12-,14-,15-/m1/s1. The van der Waals surface area contributed by atoms with Gasteiger partial charge in [0.05, 0.1) is 6.10 Å². The van der Waals surface area contributed by atoms with Crippen LogP contribution in [0.25, 0.3) is 0 Å². The van der Waals surface area contributed by atoms with Gasteiger partial charge in [0.1, 0.15) is 11.6 Å². The number of rotatable bonds is 8. The van der Waals surface area contributed by atoms with E-state index in [1.807, 2.05) is 12.2 Å². The molecule has 2 N–H and O–H groups in total. The minimum Gasteiger partial charge on any atom is -0.478 e. The van der Waals surface area contributed by atoms with Gasteiger partial charge in [0.25, 0.3) is 0 Å². The average molecular weight is 294 g/mol. The van der Waals surface area contributed by atoms with Crippen LogP contribution in [0.2, 0.25) is 0 Å². The number of Topliss-reactive ketones (excluding diaryl/α,β-unsaturated/α-hetero) is 2. The number of carboxylic acid groups (broad SMARTS) is 1. The Labute approximate surface area is 124 Å². The number of allylic oxidation sites excluding steroid dienone is 2. The molecule has 5 nitrogen and oxygen atoms in total. The second-order valence-corrected chi connectivity index (χ2v) is 5.48. The van der Waals surface area contributed by atoms with Gasteiger partial charge in [-0.3, -0.25) is 4.79 Å². The lowest BCUT2D eigenvalue weighted by Gasteiger charge is -2.19. The molecule has 1 aliphatic carbocycles. The Morgan fingerprint density at radius 2 is 2.10 bits per heavy atom. The molecule has 116 valence electrons. The lowest BCUT2D eigenvalue weighted by Crippen LogP contribution is -2.21. The molecule has 5 heteroatoms. The molecule has 0 aromatic carbocycles. The van der Waals surface area contributed by atoms with Gasteiger partial charge in [0.15, 0.2) is 0 Å². The molecule has 0 spiro atoms. The van der Waals surface area contributed by atoms with Crippen LogP contribution in [0, 0.1) is 11.8 Å². The van der Waals surface area contributed by atoms with Crippen molar-refractivity contribution >= 4 is 17.5 Å². The van der Waals surface area contributed by atoms with Crippen molar-refractivity contribution in [1.29, 1.82) is 0 Å². The number of aliphatic hydroxyl groups is 1. The summed E-state index contributed by atoms with van der Waals surface area (Å²) in [6, 6.07) is 0. The van der Waals surface area contributed by atoms with E-state index in [9.17, 15) is 19.5 Å². The summed E-state index contributed by atoms with van der Waals surface area (Å²) >= 11 is 0. The number of carbonyl (C=O) groups is 3. The predicted octanol–water partition coefficient (Wildman–Crippen LogP) is 1.90. The third kappa shape index (κ3) is 6.49. The molecule has 1 saturated carbocycles. The molecule has 0 aromatic rings. The molecule has 0 aliphatic heterocycles. The number of carboxylic acids is 1. The number of aliphatic hydroxyl groups excluding tert-OH is 1. The quantitative estimate of drug-likeness (QED) is 0.405. The van der Waals surface area contributed by atoms with Crippen molar-refractivity contribution in [2.45, 2.75) is 45.1 Å². The van der Waals surface area contributed by atoms with Gasteiger partial charge in [-0.15, -0.1) is 0 Å². The zero-order valence-corrected chi connectivity index (χ0v) is 12.2. The third-order valence-electron chi connectivity index (χ3n) is 3.63. The van der Waals surface area contributed by atoms with E-state index < -0.39 is 12.1 Å². The van der Waals surface area contributed by atoms with E-state index in [0.29, 0.717) is 12.8 Å². The molecule has 0 amide bonds. The first kappa shape index (κ1) is 17.3. The maximum atomic E-state index is 11.6. The Morgan fingerprint density at radius 1 is 1.38 bits per heavy atom. The fourth-order valence-corrected chi connectivity index (χ4v) is 2.56. The topological polar surface area (TPSA) is 91.7 Å². The first-order valence-corrected chi connectivity index (χ1v) is 7.17. The Bertz CT molecular complexity index is 450. The van der Waals surface area contributed by atoms with E-state index in [1.165, 1.54) is 6.08 Å². The van der Waals surface area contributed by atoms with Crippen molar-refractivity contribution in [2.24, 2.45) is 11.8 Å². The second kappa shape index (κ2) is 8.52. The van der Waals surface area contributed by atoms with Crippen molar-refractivity contribution in [2.75, 3.05) is 0 Å². The SMILES string of the molecule is CC(=O)CCC/C=C/[C@@H]1CC(=O)C[C@H]1[C@H](O)/C=C/C(=O)O. The van der Waals surface area contributed by atoms with Gasteiger partial charge >= 0.3 is 5.97 Å². The van der Waals surface area contributed by atoms with Gasteiger partial charge in [-0.2, -0.15) is 0 Å². The minimum atomic E-state index is -1.12. The first-order valence-electron chi connectivity index (χ1n) is 7.17. The van der Waals surface area contributed by atoms with E-state index in [0.717, 1.165) is 18.9 Å². The molecule has 0 aromatic heterocycles. The van der Waals surface area contributed by atoms with E-state index in [4.69, 9.17) is 5.11 Å². The molecule has 3 atom stereocenters. The molecule has 0 bridgehead atoms. The zero-order valence-electron chi connectivity index (χ0n) is 12.2. The smallest absolute Gasteiger partial charge is 0.328 e. The monoisotopic (exact) mass is 294 g/mol. The van der Waals surface area contributed by atoms with Crippen LogP contribution >= 0.6 is 0 Å². The van der Waals surface area contributed by atoms with E-state index >= 15 is 0 Å². The number of aliphatic carboxylic acids is 1. The molecule has 1 fully saturated rings. The van der Waals surface area contributed by atoms with Gasteiger partial charge in [-0.1, -0.05) is 12.2 Å².